The van der Waals surface area contributed by atoms with Crippen LogP contribution in [-0.2, 0) is 19.4 Å². The molecule has 3 heterocycles. The maximum absolute atomic E-state index is 12.9. The minimum Gasteiger partial charge on any atom is -0.490 e. The normalized spacial score (nSPS) is 17.4. The predicted octanol–water partition coefficient (Wildman–Crippen LogP) is 2.70. The Kier molecular flexibility index (Phi) is 4.66. The number of benzene rings is 1. The minimum atomic E-state index is -0.177. The van der Waals surface area contributed by atoms with Gasteiger partial charge in [0.25, 0.3) is 5.91 Å². The second kappa shape index (κ2) is 7.14. The molecule has 0 bridgehead atoms. The lowest BCUT2D eigenvalue weighted by Crippen LogP contribution is -2.42. The average Bonchev–Trinajstić information content (AvgIpc) is 3.05. The molecule has 2 aliphatic rings. The van der Waals surface area contributed by atoms with E-state index in [2.05, 4.69) is 10.3 Å². The van der Waals surface area contributed by atoms with Crippen molar-refractivity contribution in [1.82, 2.24) is 14.8 Å². The van der Waals surface area contributed by atoms with Crippen LogP contribution in [0.3, 0.4) is 0 Å². The van der Waals surface area contributed by atoms with Crippen molar-refractivity contribution in [2.24, 2.45) is 0 Å². The van der Waals surface area contributed by atoms with Gasteiger partial charge in [0, 0.05) is 51.7 Å². The molecule has 28 heavy (non-hydrogen) atoms. The van der Waals surface area contributed by atoms with Crippen molar-refractivity contribution in [3.05, 3.63) is 52.8 Å². The third-order valence-electron chi connectivity index (χ3n) is 5.19. The zero-order chi connectivity index (χ0) is 19.8. The molecule has 1 atom stereocenters. The largest absolute Gasteiger partial charge is 0.490 e. The molecule has 1 unspecified atom stereocenters. The van der Waals surface area contributed by atoms with Crippen LogP contribution < -0.4 is 10.1 Å². The van der Waals surface area contributed by atoms with Crippen LogP contribution in [0.5, 0.6) is 5.75 Å². The van der Waals surface area contributed by atoms with Crippen molar-refractivity contribution in [3.8, 4) is 5.75 Å². The highest BCUT2D eigenvalue weighted by Gasteiger charge is 2.26. The fourth-order valence-electron chi connectivity index (χ4n) is 3.83. The van der Waals surface area contributed by atoms with Crippen molar-refractivity contribution in [2.45, 2.75) is 32.4 Å². The number of ether oxygens (including phenoxy) is 1. The average molecular weight is 380 g/mol. The van der Waals surface area contributed by atoms with Gasteiger partial charge in [0.15, 0.2) is 0 Å². The van der Waals surface area contributed by atoms with E-state index in [0.717, 1.165) is 34.5 Å². The summed E-state index contributed by atoms with van der Waals surface area (Å²) in [4.78, 5) is 32.7. The maximum Gasteiger partial charge on any atom is 0.319 e. The summed E-state index contributed by atoms with van der Waals surface area (Å²) in [6.45, 7) is 3.08. The Morgan fingerprint density at radius 3 is 2.86 bits per heavy atom. The quantitative estimate of drug-likeness (QED) is 0.869. The molecule has 7 nitrogen and oxygen atoms in total. The number of anilines is 1. The van der Waals surface area contributed by atoms with Crippen LogP contribution in [0, 0.1) is 0 Å². The zero-order valence-corrected chi connectivity index (χ0v) is 16.4. The minimum absolute atomic E-state index is 0.0323. The van der Waals surface area contributed by atoms with E-state index in [4.69, 9.17) is 4.74 Å². The van der Waals surface area contributed by atoms with Gasteiger partial charge in [-0.25, -0.2) is 4.79 Å². The van der Waals surface area contributed by atoms with Gasteiger partial charge in [0.05, 0.1) is 5.56 Å². The summed E-state index contributed by atoms with van der Waals surface area (Å²) in [6.07, 6.45) is 5.00. The summed E-state index contributed by atoms with van der Waals surface area (Å²) in [6, 6.07) is 5.69. The molecule has 0 fully saturated rings. The Bertz CT molecular complexity index is 941. The SMILES string of the molecule is CC1Cc2cc(NC(=O)c3cncc4c3CCN(C(=O)N(C)C)C4)ccc2O1. The van der Waals surface area contributed by atoms with Crippen LogP contribution >= 0.6 is 0 Å². The molecule has 0 aliphatic carbocycles. The van der Waals surface area contributed by atoms with Crippen molar-refractivity contribution < 1.29 is 14.3 Å². The summed E-state index contributed by atoms with van der Waals surface area (Å²) < 4.78 is 5.71. The first-order valence-electron chi connectivity index (χ1n) is 9.45. The Labute approximate surface area is 164 Å². The molecule has 146 valence electrons. The number of pyridine rings is 1. The summed E-state index contributed by atoms with van der Waals surface area (Å²) in [5.74, 6) is 0.707. The Balaban J connectivity index is 1.53. The maximum atomic E-state index is 12.9. The first-order valence-corrected chi connectivity index (χ1v) is 9.45. The van der Waals surface area contributed by atoms with Gasteiger partial charge in [0.2, 0.25) is 0 Å². The second-order valence-electron chi connectivity index (χ2n) is 7.58. The molecule has 7 heteroatoms. The summed E-state index contributed by atoms with van der Waals surface area (Å²) in [5.41, 5.74) is 4.31. The molecule has 0 saturated carbocycles. The van der Waals surface area contributed by atoms with Crippen LogP contribution in [0.15, 0.2) is 30.6 Å². The lowest BCUT2D eigenvalue weighted by Gasteiger charge is -2.31. The Hall–Kier alpha value is -3.09. The topological polar surface area (TPSA) is 74.8 Å². The smallest absolute Gasteiger partial charge is 0.319 e. The Morgan fingerprint density at radius 1 is 1.25 bits per heavy atom. The van der Waals surface area contributed by atoms with Crippen molar-refractivity contribution in [2.75, 3.05) is 26.0 Å². The number of rotatable bonds is 2. The van der Waals surface area contributed by atoms with E-state index in [1.54, 1.807) is 36.3 Å². The number of amides is 3. The monoisotopic (exact) mass is 380 g/mol. The molecular formula is C21H24N4O3. The van der Waals surface area contributed by atoms with E-state index < -0.39 is 0 Å². The highest BCUT2D eigenvalue weighted by Crippen LogP contribution is 2.31. The molecule has 0 radical (unpaired) electrons. The predicted molar refractivity (Wildman–Crippen MR) is 106 cm³/mol. The number of nitrogens with zero attached hydrogens (tertiary/aromatic N) is 3. The molecular weight excluding hydrogens is 356 g/mol. The number of nitrogens with one attached hydrogen (secondary N) is 1. The fourth-order valence-corrected chi connectivity index (χ4v) is 3.83. The molecule has 1 aromatic heterocycles. The van der Waals surface area contributed by atoms with Crippen LogP contribution in [0.4, 0.5) is 10.5 Å². The zero-order valence-electron chi connectivity index (χ0n) is 16.4. The number of carbonyl (C=O) groups excluding carboxylic acids is 2. The van der Waals surface area contributed by atoms with Gasteiger partial charge in [-0.3, -0.25) is 9.78 Å². The molecule has 1 aromatic carbocycles. The molecule has 1 N–H and O–H groups in total. The molecule has 0 spiro atoms. The molecule has 0 saturated heterocycles. The van der Waals surface area contributed by atoms with E-state index in [9.17, 15) is 9.59 Å². The summed E-state index contributed by atoms with van der Waals surface area (Å²) in [7, 11) is 3.48. The van der Waals surface area contributed by atoms with E-state index in [1.165, 1.54) is 0 Å². The first-order chi connectivity index (χ1) is 13.4. The number of hydrogen-bond donors (Lipinski definition) is 1. The van der Waals surface area contributed by atoms with Crippen LogP contribution in [0.1, 0.15) is 34.0 Å². The number of carbonyl (C=O) groups is 2. The van der Waals surface area contributed by atoms with Gasteiger partial charge < -0.3 is 19.9 Å². The van der Waals surface area contributed by atoms with Gasteiger partial charge in [-0.15, -0.1) is 0 Å². The standard InChI is InChI=1S/C21H24N4O3/c1-13-8-14-9-16(4-5-19(14)28-13)23-20(26)18-11-22-10-15-12-25(7-6-17(15)18)21(27)24(2)3/h4-5,9-11,13H,6-8,12H2,1-3H3,(H,23,26). The molecule has 3 amide bonds. The van der Waals surface area contributed by atoms with Crippen molar-refractivity contribution in [3.63, 3.8) is 0 Å². The molecule has 4 rings (SSSR count). The Morgan fingerprint density at radius 2 is 2.07 bits per heavy atom. The fraction of sp³-hybridized carbons (Fsp3) is 0.381. The van der Waals surface area contributed by atoms with Gasteiger partial charge in [0.1, 0.15) is 11.9 Å². The highest BCUT2D eigenvalue weighted by atomic mass is 16.5. The molecule has 2 aromatic rings. The van der Waals surface area contributed by atoms with E-state index in [-0.39, 0.29) is 18.0 Å². The van der Waals surface area contributed by atoms with Gasteiger partial charge in [-0.05, 0) is 48.2 Å². The van der Waals surface area contributed by atoms with Gasteiger partial charge in [-0.1, -0.05) is 0 Å². The van der Waals surface area contributed by atoms with Crippen LogP contribution in [-0.4, -0.2) is 53.5 Å². The van der Waals surface area contributed by atoms with Gasteiger partial charge >= 0.3 is 6.03 Å². The lowest BCUT2D eigenvalue weighted by atomic mass is 9.96. The molecule has 2 aliphatic heterocycles. The third-order valence-corrected chi connectivity index (χ3v) is 5.19. The van der Waals surface area contributed by atoms with Crippen molar-refractivity contribution in [1.29, 1.82) is 0 Å². The van der Waals surface area contributed by atoms with E-state index in [1.807, 2.05) is 25.1 Å². The number of aromatic nitrogens is 1. The third kappa shape index (κ3) is 3.40. The number of fused-ring (bicyclic) bond motifs is 2. The van der Waals surface area contributed by atoms with E-state index in [0.29, 0.717) is 25.1 Å². The lowest BCUT2D eigenvalue weighted by molar-refractivity contribution is 0.102. The summed E-state index contributed by atoms with van der Waals surface area (Å²) in [5, 5.41) is 2.98. The van der Waals surface area contributed by atoms with Gasteiger partial charge in [-0.2, -0.15) is 0 Å². The summed E-state index contributed by atoms with van der Waals surface area (Å²) >= 11 is 0. The highest BCUT2D eigenvalue weighted by molar-refractivity contribution is 6.05. The van der Waals surface area contributed by atoms with Crippen LogP contribution in [0.2, 0.25) is 0 Å². The first kappa shape index (κ1) is 18.3. The number of urea groups is 1. The van der Waals surface area contributed by atoms with Crippen LogP contribution in [0.25, 0.3) is 0 Å². The van der Waals surface area contributed by atoms with Crippen molar-refractivity contribution >= 4 is 17.6 Å². The second-order valence-corrected chi connectivity index (χ2v) is 7.58. The van der Waals surface area contributed by atoms with E-state index >= 15 is 0 Å². The number of hydrogen-bond acceptors (Lipinski definition) is 4.